The summed E-state index contributed by atoms with van der Waals surface area (Å²) in [6, 6.07) is 7.59. The second kappa shape index (κ2) is 8.89. The Hall–Kier alpha value is -2.17. The van der Waals surface area contributed by atoms with Crippen LogP contribution in [-0.4, -0.2) is 17.5 Å². The predicted octanol–water partition coefficient (Wildman–Crippen LogP) is 3.01. The molecule has 1 aromatic rings. The number of amides is 2. The van der Waals surface area contributed by atoms with Gasteiger partial charge in [-0.3, -0.25) is 9.59 Å². The highest BCUT2D eigenvalue weighted by Crippen LogP contribution is 2.09. The van der Waals surface area contributed by atoms with Gasteiger partial charge in [0.2, 0.25) is 11.8 Å². The second-order valence-corrected chi connectivity index (χ2v) is 5.08. The molecule has 0 saturated carbocycles. The third kappa shape index (κ3) is 7.25. The van der Waals surface area contributed by atoms with Crippen molar-refractivity contribution in [3.8, 4) is 0 Å². The molecule has 0 heterocycles. The lowest BCUT2D eigenvalue weighted by Crippen LogP contribution is -2.21. The van der Waals surface area contributed by atoms with Crippen LogP contribution in [0.25, 0.3) is 0 Å². The Morgan fingerprint density at radius 3 is 2.67 bits per heavy atom. The topological polar surface area (TPSA) is 70.6 Å². The van der Waals surface area contributed by atoms with Crippen molar-refractivity contribution in [1.82, 2.24) is 5.43 Å². The fourth-order valence-electron chi connectivity index (χ4n) is 1.75. The number of anilines is 1. The maximum Gasteiger partial charge on any atom is 0.240 e. The van der Waals surface area contributed by atoms with Crippen LogP contribution >= 0.6 is 0 Å². The quantitative estimate of drug-likeness (QED) is 0.598. The molecule has 0 bridgehead atoms. The number of unbranched alkanes of at least 4 members (excludes halogenated alkanes) is 1. The van der Waals surface area contributed by atoms with Crippen LogP contribution in [0.2, 0.25) is 0 Å². The van der Waals surface area contributed by atoms with Crippen molar-refractivity contribution >= 4 is 23.2 Å². The molecule has 2 N–H and O–H groups in total. The zero-order chi connectivity index (χ0) is 15.7. The van der Waals surface area contributed by atoms with E-state index in [2.05, 4.69) is 15.8 Å². The van der Waals surface area contributed by atoms with E-state index >= 15 is 0 Å². The number of benzene rings is 1. The average Bonchev–Trinajstić information content (AvgIpc) is 2.42. The molecule has 21 heavy (non-hydrogen) atoms. The van der Waals surface area contributed by atoms with Crippen molar-refractivity contribution in [3.63, 3.8) is 0 Å². The molecule has 0 unspecified atom stereocenters. The highest BCUT2D eigenvalue weighted by atomic mass is 16.2. The molecule has 0 aliphatic rings. The number of nitrogens with one attached hydrogen (secondary N) is 2. The molecule has 0 aromatic heterocycles. The van der Waals surface area contributed by atoms with Crippen molar-refractivity contribution in [2.45, 2.75) is 46.5 Å². The zero-order valence-corrected chi connectivity index (χ0v) is 12.9. The van der Waals surface area contributed by atoms with Gasteiger partial charge in [-0.25, -0.2) is 5.43 Å². The summed E-state index contributed by atoms with van der Waals surface area (Å²) >= 11 is 0. The monoisotopic (exact) mass is 289 g/mol. The summed E-state index contributed by atoms with van der Waals surface area (Å²) in [5.74, 6) is -0.264. The van der Waals surface area contributed by atoms with E-state index in [1.54, 1.807) is 6.92 Å². The molecule has 0 radical (unpaired) electrons. The zero-order valence-electron chi connectivity index (χ0n) is 12.9. The van der Waals surface area contributed by atoms with Gasteiger partial charge in [-0.2, -0.15) is 5.10 Å². The van der Waals surface area contributed by atoms with Gasteiger partial charge in [0, 0.05) is 17.8 Å². The van der Waals surface area contributed by atoms with Gasteiger partial charge in [0.15, 0.2) is 0 Å². The van der Waals surface area contributed by atoms with Gasteiger partial charge in [0.1, 0.15) is 0 Å². The minimum absolute atomic E-state index is 0.115. The summed E-state index contributed by atoms with van der Waals surface area (Å²) in [5.41, 5.74) is 4.89. The minimum atomic E-state index is -0.148. The lowest BCUT2D eigenvalue weighted by atomic mass is 10.2. The Bertz CT molecular complexity index is 524. The highest BCUT2D eigenvalue weighted by molar-refractivity contribution is 6.05. The maximum atomic E-state index is 11.8. The first-order valence-corrected chi connectivity index (χ1v) is 7.19. The van der Waals surface area contributed by atoms with E-state index in [0.717, 1.165) is 24.1 Å². The van der Waals surface area contributed by atoms with Gasteiger partial charge >= 0.3 is 0 Å². The van der Waals surface area contributed by atoms with Crippen LogP contribution in [0.5, 0.6) is 0 Å². The Labute approximate surface area is 125 Å². The van der Waals surface area contributed by atoms with Gasteiger partial charge in [0.25, 0.3) is 0 Å². The number of carbonyl (C=O) groups is 2. The van der Waals surface area contributed by atoms with Crippen LogP contribution in [-0.2, 0) is 9.59 Å². The van der Waals surface area contributed by atoms with Crippen LogP contribution in [0.15, 0.2) is 29.4 Å². The molecule has 0 atom stereocenters. The molecule has 2 amide bonds. The SMILES string of the molecule is CCCCC(=O)N/N=C(/C)CC(=O)Nc1cccc(C)c1. The third-order valence-electron chi connectivity index (χ3n) is 2.85. The molecular weight excluding hydrogens is 266 g/mol. The second-order valence-electron chi connectivity index (χ2n) is 5.08. The van der Waals surface area contributed by atoms with E-state index in [9.17, 15) is 9.59 Å². The number of hydrogen-bond donors (Lipinski definition) is 2. The fraction of sp³-hybridized carbons (Fsp3) is 0.438. The van der Waals surface area contributed by atoms with Crippen LogP contribution < -0.4 is 10.7 Å². The largest absolute Gasteiger partial charge is 0.326 e. The number of carbonyl (C=O) groups excluding carboxylic acids is 2. The fourth-order valence-corrected chi connectivity index (χ4v) is 1.75. The molecule has 1 aromatic carbocycles. The number of nitrogens with zero attached hydrogens (tertiary/aromatic N) is 1. The Morgan fingerprint density at radius 1 is 1.24 bits per heavy atom. The molecule has 0 spiro atoms. The van der Waals surface area contributed by atoms with E-state index in [4.69, 9.17) is 0 Å². The highest BCUT2D eigenvalue weighted by Gasteiger charge is 2.05. The minimum Gasteiger partial charge on any atom is -0.326 e. The summed E-state index contributed by atoms with van der Waals surface area (Å²) < 4.78 is 0. The van der Waals surface area contributed by atoms with Gasteiger partial charge in [-0.1, -0.05) is 25.5 Å². The number of rotatable bonds is 7. The first-order chi connectivity index (χ1) is 10.0. The molecule has 0 aliphatic carbocycles. The Kier molecular flexibility index (Phi) is 7.15. The number of aryl methyl sites for hydroxylation is 1. The Morgan fingerprint density at radius 2 is 2.00 bits per heavy atom. The standard InChI is InChI=1S/C16H23N3O2/c1-4-5-9-15(20)19-18-13(3)11-16(21)17-14-8-6-7-12(2)10-14/h6-8,10H,4-5,9,11H2,1-3H3,(H,17,21)(H,19,20)/b18-13-. The number of hydrogen-bond acceptors (Lipinski definition) is 3. The van der Waals surface area contributed by atoms with Gasteiger partial charge in [0.05, 0.1) is 6.42 Å². The van der Waals surface area contributed by atoms with Crippen LogP contribution in [0, 0.1) is 6.92 Å². The molecule has 114 valence electrons. The van der Waals surface area contributed by atoms with Crippen LogP contribution in [0.4, 0.5) is 5.69 Å². The molecular formula is C16H23N3O2. The van der Waals surface area contributed by atoms with Crippen LogP contribution in [0.1, 0.15) is 45.1 Å². The summed E-state index contributed by atoms with van der Waals surface area (Å²) in [4.78, 5) is 23.2. The first kappa shape index (κ1) is 16.9. The maximum absolute atomic E-state index is 11.8. The number of hydrazone groups is 1. The van der Waals surface area contributed by atoms with Crippen LogP contribution in [0.3, 0.4) is 0 Å². The summed E-state index contributed by atoms with van der Waals surface area (Å²) in [6.45, 7) is 5.71. The molecule has 1 rings (SSSR count). The summed E-state index contributed by atoms with van der Waals surface area (Å²) in [7, 11) is 0. The van der Waals surface area contributed by atoms with E-state index < -0.39 is 0 Å². The predicted molar refractivity (Wildman–Crippen MR) is 85.2 cm³/mol. The lowest BCUT2D eigenvalue weighted by molar-refractivity contribution is -0.121. The first-order valence-electron chi connectivity index (χ1n) is 7.19. The van der Waals surface area contributed by atoms with Gasteiger partial charge < -0.3 is 5.32 Å². The van der Waals surface area contributed by atoms with E-state index in [-0.39, 0.29) is 18.2 Å². The van der Waals surface area contributed by atoms with Crippen molar-refractivity contribution in [3.05, 3.63) is 29.8 Å². The molecule has 5 nitrogen and oxygen atoms in total. The summed E-state index contributed by atoms with van der Waals surface area (Å²) in [6.07, 6.45) is 2.42. The summed E-state index contributed by atoms with van der Waals surface area (Å²) in [5, 5.41) is 6.74. The van der Waals surface area contributed by atoms with E-state index in [1.807, 2.05) is 38.1 Å². The Balaban J connectivity index is 2.41. The van der Waals surface area contributed by atoms with E-state index in [0.29, 0.717) is 12.1 Å². The van der Waals surface area contributed by atoms with E-state index in [1.165, 1.54) is 0 Å². The van der Waals surface area contributed by atoms with Gasteiger partial charge in [-0.15, -0.1) is 0 Å². The van der Waals surface area contributed by atoms with Crippen molar-refractivity contribution in [2.24, 2.45) is 5.10 Å². The van der Waals surface area contributed by atoms with Gasteiger partial charge in [-0.05, 0) is 38.0 Å². The molecule has 5 heteroatoms. The average molecular weight is 289 g/mol. The normalized spacial score (nSPS) is 11.1. The molecule has 0 aliphatic heterocycles. The van der Waals surface area contributed by atoms with Crippen molar-refractivity contribution < 1.29 is 9.59 Å². The van der Waals surface area contributed by atoms with Crippen molar-refractivity contribution in [2.75, 3.05) is 5.32 Å². The van der Waals surface area contributed by atoms with Crippen molar-refractivity contribution in [1.29, 1.82) is 0 Å². The lowest BCUT2D eigenvalue weighted by Gasteiger charge is -2.06. The smallest absolute Gasteiger partial charge is 0.240 e. The molecule has 0 fully saturated rings. The molecule has 0 saturated heterocycles. The third-order valence-corrected chi connectivity index (χ3v) is 2.85.